The number of carbonyl (C=O) groups is 1. The second-order valence-corrected chi connectivity index (χ2v) is 6.49. The predicted octanol–water partition coefficient (Wildman–Crippen LogP) is 1.27. The van der Waals surface area contributed by atoms with E-state index in [0.29, 0.717) is 6.04 Å². The Balaban J connectivity index is 1.61. The van der Waals surface area contributed by atoms with E-state index in [1.165, 1.54) is 25.7 Å². The molecule has 4 unspecified atom stereocenters. The molecule has 1 amide bonds. The van der Waals surface area contributed by atoms with Gasteiger partial charge in [0.15, 0.2) is 0 Å². The molecule has 4 heteroatoms. The lowest BCUT2D eigenvalue weighted by Crippen LogP contribution is -2.59. The van der Waals surface area contributed by atoms with Gasteiger partial charge in [-0.05, 0) is 31.6 Å². The number of nitrogens with one attached hydrogen (secondary N) is 3. The molecule has 3 N–H and O–H groups in total. The summed E-state index contributed by atoms with van der Waals surface area (Å²) in [6.07, 6.45) is 6.59. The number of hydrogen-bond acceptors (Lipinski definition) is 3. The van der Waals surface area contributed by atoms with Crippen LogP contribution in [0.25, 0.3) is 0 Å². The normalized spacial score (nSPS) is 35.9. The Kier molecular flexibility index (Phi) is 5.64. The summed E-state index contributed by atoms with van der Waals surface area (Å²) in [6, 6.07) is 0.411. The maximum atomic E-state index is 12.0. The molecule has 19 heavy (non-hydrogen) atoms. The van der Waals surface area contributed by atoms with Crippen molar-refractivity contribution in [1.29, 1.82) is 0 Å². The fourth-order valence-electron chi connectivity index (χ4n) is 3.31. The minimum atomic E-state index is -0.0542. The monoisotopic (exact) mass is 267 g/mol. The van der Waals surface area contributed by atoms with Crippen LogP contribution in [0, 0.1) is 11.8 Å². The summed E-state index contributed by atoms with van der Waals surface area (Å²) in [5.74, 6) is 1.85. The molecular weight excluding hydrogens is 238 g/mol. The average Bonchev–Trinajstić information content (AvgIpc) is 2.39. The molecular formula is C15H29N3O. The summed E-state index contributed by atoms with van der Waals surface area (Å²) in [6.45, 7) is 6.94. The molecule has 1 aliphatic carbocycles. The largest absolute Gasteiger partial charge is 0.355 e. The van der Waals surface area contributed by atoms with Crippen LogP contribution in [-0.2, 0) is 4.79 Å². The zero-order chi connectivity index (χ0) is 13.7. The first-order chi connectivity index (χ1) is 9.15. The highest BCUT2D eigenvalue weighted by Gasteiger charge is 2.23. The second-order valence-electron chi connectivity index (χ2n) is 6.49. The highest BCUT2D eigenvalue weighted by atomic mass is 16.2. The third-order valence-corrected chi connectivity index (χ3v) is 4.55. The van der Waals surface area contributed by atoms with Gasteiger partial charge in [-0.15, -0.1) is 0 Å². The predicted molar refractivity (Wildman–Crippen MR) is 78.0 cm³/mol. The number of rotatable bonds is 4. The fourth-order valence-corrected chi connectivity index (χ4v) is 3.31. The van der Waals surface area contributed by atoms with E-state index in [9.17, 15) is 4.79 Å². The molecule has 1 saturated carbocycles. The SMILES string of the molecule is CC1CCCC(CCNC(=O)C2CNC(C)CN2)C1. The number of carbonyl (C=O) groups excluding carboxylic acids is 1. The van der Waals surface area contributed by atoms with Crippen molar-refractivity contribution in [2.24, 2.45) is 11.8 Å². The van der Waals surface area contributed by atoms with E-state index in [1.807, 2.05) is 0 Å². The molecule has 0 spiro atoms. The molecule has 1 heterocycles. The summed E-state index contributed by atoms with van der Waals surface area (Å²) < 4.78 is 0. The van der Waals surface area contributed by atoms with Crippen molar-refractivity contribution < 1.29 is 4.79 Å². The third kappa shape index (κ3) is 4.77. The van der Waals surface area contributed by atoms with Crippen LogP contribution in [0.3, 0.4) is 0 Å². The van der Waals surface area contributed by atoms with E-state index in [4.69, 9.17) is 0 Å². The Hall–Kier alpha value is -0.610. The Morgan fingerprint density at radius 1 is 1.21 bits per heavy atom. The van der Waals surface area contributed by atoms with E-state index in [2.05, 4.69) is 29.8 Å². The molecule has 1 saturated heterocycles. The van der Waals surface area contributed by atoms with Gasteiger partial charge in [-0.2, -0.15) is 0 Å². The topological polar surface area (TPSA) is 53.2 Å². The molecule has 2 rings (SSSR count). The molecule has 4 atom stereocenters. The average molecular weight is 267 g/mol. The van der Waals surface area contributed by atoms with Gasteiger partial charge < -0.3 is 16.0 Å². The Bertz CT molecular complexity index is 287. The van der Waals surface area contributed by atoms with Crippen LogP contribution in [0.5, 0.6) is 0 Å². The molecule has 0 radical (unpaired) electrons. The molecule has 0 aromatic heterocycles. The zero-order valence-electron chi connectivity index (χ0n) is 12.4. The summed E-state index contributed by atoms with van der Waals surface area (Å²) in [7, 11) is 0. The molecule has 2 aliphatic rings. The quantitative estimate of drug-likeness (QED) is 0.719. The summed E-state index contributed by atoms with van der Waals surface area (Å²) >= 11 is 0. The van der Waals surface area contributed by atoms with Crippen molar-refractivity contribution in [2.45, 2.75) is 58.0 Å². The van der Waals surface area contributed by atoms with Crippen molar-refractivity contribution in [3.8, 4) is 0 Å². The van der Waals surface area contributed by atoms with Crippen molar-refractivity contribution in [1.82, 2.24) is 16.0 Å². The summed E-state index contributed by atoms with van der Waals surface area (Å²) in [5, 5.41) is 9.71. The van der Waals surface area contributed by atoms with Crippen LogP contribution in [0.15, 0.2) is 0 Å². The van der Waals surface area contributed by atoms with Gasteiger partial charge in [0.05, 0.1) is 6.04 Å². The van der Waals surface area contributed by atoms with Crippen LogP contribution in [0.1, 0.15) is 46.0 Å². The first-order valence-electron chi connectivity index (χ1n) is 7.89. The Morgan fingerprint density at radius 3 is 2.74 bits per heavy atom. The number of piperazine rings is 1. The van der Waals surface area contributed by atoms with Crippen LogP contribution in [-0.4, -0.2) is 37.6 Å². The summed E-state index contributed by atoms with van der Waals surface area (Å²) in [5.41, 5.74) is 0. The van der Waals surface area contributed by atoms with Crippen molar-refractivity contribution in [3.05, 3.63) is 0 Å². The van der Waals surface area contributed by atoms with E-state index in [0.717, 1.165) is 37.9 Å². The number of amides is 1. The van der Waals surface area contributed by atoms with E-state index >= 15 is 0 Å². The van der Waals surface area contributed by atoms with Crippen LogP contribution >= 0.6 is 0 Å². The first kappa shape index (κ1) is 14.8. The highest BCUT2D eigenvalue weighted by Crippen LogP contribution is 2.30. The number of hydrogen-bond donors (Lipinski definition) is 3. The van der Waals surface area contributed by atoms with Gasteiger partial charge in [0.25, 0.3) is 0 Å². The molecule has 0 bridgehead atoms. The van der Waals surface area contributed by atoms with Crippen molar-refractivity contribution >= 4 is 5.91 Å². The second kappa shape index (κ2) is 7.25. The Labute approximate surface area is 117 Å². The minimum absolute atomic E-state index is 0.0542. The van der Waals surface area contributed by atoms with E-state index in [-0.39, 0.29) is 11.9 Å². The molecule has 2 fully saturated rings. The zero-order valence-corrected chi connectivity index (χ0v) is 12.4. The third-order valence-electron chi connectivity index (χ3n) is 4.55. The lowest BCUT2D eigenvalue weighted by atomic mass is 9.81. The van der Waals surface area contributed by atoms with Gasteiger partial charge in [-0.25, -0.2) is 0 Å². The van der Waals surface area contributed by atoms with Crippen LogP contribution in [0.4, 0.5) is 0 Å². The van der Waals surface area contributed by atoms with Gasteiger partial charge in [-0.1, -0.05) is 26.2 Å². The van der Waals surface area contributed by atoms with Gasteiger partial charge in [0.1, 0.15) is 0 Å². The maximum Gasteiger partial charge on any atom is 0.238 e. The highest BCUT2D eigenvalue weighted by molar-refractivity contribution is 5.82. The lowest BCUT2D eigenvalue weighted by Gasteiger charge is -2.29. The van der Waals surface area contributed by atoms with Crippen molar-refractivity contribution in [2.75, 3.05) is 19.6 Å². The standard InChI is InChI=1S/C15H29N3O/c1-11-4-3-5-13(8-11)6-7-16-15(19)14-10-17-12(2)9-18-14/h11-14,17-18H,3-10H2,1-2H3,(H,16,19). The smallest absolute Gasteiger partial charge is 0.238 e. The minimum Gasteiger partial charge on any atom is -0.355 e. The maximum absolute atomic E-state index is 12.0. The lowest BCUT2D eigenvalue weighted by molar-refractivity contribution is -0.123. The van der Waals surface area contributed by atoms with E-state index in [1.54, 1.807) is 0 Å². The fraction of sp³-hybridized carbons (Fsp3) is 0.933. The molecule has 1 aliphatic heterocycles. The van der Waals surface area contributed by atoms with Crippen molar-refractivity contribution in [3.63, 3.8) is 0 Å². The van der Waals surface area contributed by atoms with Crippen LogP contribution < -0.4 is 16.0 Å². The first-order valence-corrected chi connectivity index (χ1v) is 7.89. The van der Waals surface area contributed by atoms with E-state index < -0.39 is 0 Å². The molecule has 4 nitrogen and oxygen atoms in total. The molecule has 110 valence electrons. The van der Waals surface area contributed by atoms with Gasteiger partial charge in [0.2, 0.25) is 5.91 Å². The van der Waals surface area contributed by atoms with Gasteiger partial charge >= 0.3 is 0 Å². The Morgan fingerprint density at radius 2 is 2.05 bits per heavy atom. The molecule has 0 aromatic rings. The van der Waals surface area contributed by atoms with Gasteiger partial charge in [-0.3, -0.25) is 4.79 Å². The van der Waals surface area contributed by atoms with Gasteiger partial charge in [0, 0.05) is 25.7 Å². The molecule has 0 aromatic carbocycles. The van der Waals surface area contributed by atoms with Crippen LogP contribution in [0.2, 0.25) is 0 Å². The summed E-state index contributed by atoms with van der Waals surface area (Å²) in [4.78, 5) is 12.0.